The van der Waals surface area contributed by atoms with E-state index in [-0.39, 0.29) is 17.4 Å². The lowest BCUT2D eigenvalue weighted by Gasteiger charge is -2.16. The highest BCUT2D eigenvalue weighted by Gasteiger charge is 2.29. The molecule has 1 aromatic carbocycles. The fourth-order valence-electron chi connectivity index (χ4n) is 2.68. The summed E-state index contributed by atoms with van der Waals surface area (Å²) in [5, 5.41) is 0. The number of hydrogen-bond acceptors (Lipinski definition) is 3. The van der Waals surface area contributed by atoms with Crippen LogP contribution in [-0.4, -0.2) is 33.9 Å². The molecule has 0 radical (unpaired) electrons. The minimum atomic E-state index is -0.646. The van der Waals surface area contributed by atoms with Crippen molar-refractivity contribution in [1.29, 1.82) is 0 Å². The van der Waals surface area contributed by atoms with Gasteiger partial charge in [-0.2, -0.15) is 0 Å². The highest BCUT2D eigenvalue weighted by molar-refractivity contribution is 5.93. The number of rotatable bonds is 2. The molecule has 1 fully saturated rings. The van der Waals surface area contributed by atoms with Crippen molar-refractivity contribution >= 4 is 5.91 Å². The minimum Gasteiger partial charge on any atom is -0.338 e. The SMILES string of the molecule is O=C(c1c[nH]c(=O)[nH]c1=O)N1CC[C@@H](c2ccccc2)C1. The maximum absolute atomic E-state index is 12.3. The van der Waals surface area contributed by atoms with E-state index in [9.17, 15) is 14.4 Å². The summed E-state index contributed by atoms with van der Waals surface area (Å²) in [5.41, 5.74) is -0.0847. The van der Waals surface area contributed by atoms with Gasteiger partial charge in [-0.3, -0.25) is 14.6 Å². The van der Waals surface area contributed by atoms with Gasteiger partial charge in [0.25, 0.3) is 11.5 Å². The van der Waals surface area contributed by atoms with Gasteiger partial charge in [0.05, 0.1) is 0 Å². The predicted octanol–water partition coefficient (Wildman–Crippen LogP) is 0.693. The highest BCUT2D eigenvalue weighted by atomic mass is 16.2. The molecule has 1 atom stereocenters. The third-order valence-electron chi connectivity index (χ3n) is 3.80. The van der Waals surface area contributed by atoms with Crippen LogP contribution in [0.15, 0.2) is 46.1 Å². The number of nitrogens with zero attached hydrogens (tertiary/aromatic N) is 1. The van der Waals surface area contributed by atoms with Crippen LogP contribution in [0.3, 0.4) is 0 Å². The van der Waals surface area contributed by atoms with E-state index in [1.807, 2.05) is 30.3 Å². The molecule has 1 saturated heterocycles. The molecule has 6 heteroatoms. The van der Waals surface area contributed by atoms with Crippen molar-refractivity contribution in [3.8, 4) is 0 Å². The Hall–Kier alpha value is -2.63. The van der Waals surface area contributed by atoms with E-state index in [1.54, 1.807) is 4.90 Å². The van der Waals surface area contributed by atoms with E-state index in [1.165, 1.54) is 11.8 Å². The maximum atomic E-state index is 12.3. The first kappa shape index (κ1) is 13.4. The molecule has 1 aliphatic heterocycles. The van der Waals surface area contributed by atoms with Crippen molar-refractivity contribution in [2.24, 2.45) is 0 Å². The molecular weight excluding hydrogens is 270 g/mol. The van der Waals surface area contributed by atoms with Crippen molar-refractivity contribution < 1.29 is 4.79 Å². The number of nitrogens with one attached hydrogen (secondary N) is 2. The number of carbonyl (C=O) groups excluding carboxylic acids is 1. The van der Waals surface area contributed by atoms with Crippen LogP contribution in [0.25, 0.3) is 0 Å². The average molecular weight is 285 g/mol. The molecule has 21 heavy (non-hydrogen) atoms. The summed E-state index contributed by atoms with van der Waals surface area (Å²) < 4.78 is 0. The van der Waals surface area contributed by atoms with Crippen molar-refractivity contribution in [2.75, 3.05) is 13.1 Å². The summed E-state index contributed by atoms with van der Waals surface area (Å²) in [7, 11) is 0. The van der Waals surface area contributed by atoms with Crippen LogP contribution in [0.4, 0.5) is 0 Å². The van der Waals surface area contributed by atoms with Crippen LogP contribution < -0.4 is 11.2 Å². The summed E-state index contributed by atoms with van der Waals surface area (Å²) in [6.45, 7) is 1.19. The molecule has 108 valence electrons. The second-order valence-electron chi connectivity index (χ2n) is 5.13. The summed E-state index contributed by atoms with van der Waals surface area (Å²) in [6, 6.07) is 10.0. The van der Waals surface area contributed by atoms with Gasteiger partial charge in [0, 0.05) is 25.2 Å². The highest BCUT2D eigenvalue weighted by Crippen LogP contribution is 2.27. The first-order chi connectivity index (χ1) is 10.1. The van der Waals surface area contributed by atoms with Gasteiger partial charge in [0.2, 0.25) is 0 Å². The van der Waals surface area contributed by atoms with Gasteiger partial charge in [-0.1, -0.05) is 30.3 Å². The van der Waals surface area contributed by atoms with Gasteiger partial charge in [-0.25, -0.2) is 4.79 Å². The first-order valence-electron chi connectivity index (χ1n) is 6.81. The number of carbonyl (C=O) groups is 1. The molecule has 2 N–H and O–H groups in total. The Morgan fingerprint density at radius 2 is 1.95 bits per heavy atom. The maximum Gasteiger partial charge on any atom is 0.325 e. The Morgan fingerprint density at radius 1 is 1.19 bits per heavy atom. The summed E-state index contributed by atoms with van der Waals surface area (Å²) in [4.78, 5) is 41.0. The molecule has 0 bridgehead atoms. The molecule has 0 unspecified atom stereocenters. The van der Waals surface area contributed by atoms with Crippen molar-refractivity contribution in [2.45, 2.75) is 12.3 Å². The van der Waals surface area contributed by atoms with Crippen LogP contribution in [0, 0.1) is 0 Å². The summed E-state index contributed by atoms with van der Waals surface area (Å²) >= 11 is 0. The number of aromatic amines is 2. The van der Waals surface area contributed by atoms with E-state index < -0.39 is 11.2 Å². The number of benzene rings is 1. The molecule has 6 nitrogen and oxygen atoms in total. The standard InChI is InChI=1S/C15H15N3O3/c19-13-12(8-16-15(21)17-13)14(20)18-7-6-11(9-18)10-4-2-1-3-5-10/h1-5,8,11H,6-7,9H2,(H2,16,17,19,21)/t11-/m1/s1. The van der Waals surface area contributed by atoms with Gasteiger partial charge in [-0.05, 0) is 12.0 Å². The van der Waals surface area contributed by atoms with Crippen LogP contribution in [0.5, 0.6) is 0 Å². The number of likely N-dealkylation sites (tertiary alicyclic amines) is 1. The molecule has 1 aromatic heterocycles. The first-order valence-corrected chi connectivity index (χ1v) is 6.81. The van der Waals surface area contributed by atoms with Crippen LogP contribution in [0.2, 0.25) is 0 Å². The molecule has 1 amide bonds. The number of aromatic nitrogens is 2. The molecule has 2 heterocycles. The molecule has 1 aliphatic rings. The third kappa shape index (κ3) is 2.65. The predicted molar refractivity (Wildman–Crippen MR) is 77.4 cm³/mol. The molecule has 2 aromatic rings. The van der Waals surface area contributed by atoms with Gasteiger partial charge >= 0.3 is 5.69 Å². The van der Waals surface area contributed by atoms with Gasteiger partial charge in [-0.15, -0.1) is 0 Å². The fraction of sp³-hybridized carbons (Fsp3) is 0.267. The quantitative estimate of drug-likeness (QED) is 0.851. The molecule has 0 aliphatic carbocycles. The Morgan fingerprint density at radius 3 is 2.67 bits per heavy atom. The van der Waals surface area contributed by atoms with Gasteiger partial charge < -0.3 is 9.88 Å². The van der Waals surface area contributed by atoms with Crippen LogP contribution >= 0.6 is 0 Å². The second kappa shape index (κ2) is 5.40. The fourth-order valence-corrected chi connectivity index (χ4v) is 2.68. The van der Waals surface area contributed by atoms with Crippen LogP contribution in [-0.2, 0) is 0 Å². The number of amides is 1. The van der Waals surface area contributed by atoms with Crippen molar-refractivity contribution in [1.82, 2.24) is 14.9 Å². The summed E-state index contributed by atoms with van der Waals surface area (Å²) in [6.07, 6.45) is 2.05. The van der Waals surface area contributed by atoms with E-state index in [0.29, 0.717) is 13.1 Å². The second-order valence-corrected chi connectivity index (χ2v) is 5.13. The lowest BCUT2D eigenvalue weighted by Crippen LogP contribution is -2.35. The Balaban J connectivity index is 1.78. The van der Waals surface area contributed by atoms with E-state index in [2.05, 4.69) is 9.97 Å². The average Bonchev–Trinajstić information content (AvgIpc) is 2.97. The van der Waals surface area contributed by atoms with Crippen molar-refractivity contribution in [3.05, 3.63) is 68.5 Å². The minimum absolute atomic E-state index is 0.0247. The largest absolute Gasteiger partial charge is 0.338 e. The molecule has 0 saturated carbocycles. The van der Waals surface area contributed by atoms with Gasteiger partial charge in [0.15, 0.2) is 0 Å². The van der Waals surface area contributed by atoms with Crippen molar-refractivity contribution in [3.63, 3.8) is 0 Å². The molecule has 0 spiro atoms. The lowest BCUT2D eigenvalue weighted by molar-refractivity contribution is 0.0788. The smallest absolute Gasteiger partial charge is 0.325 e. The number of H-pyrrole nitrogens is 2. The monoisotopic (exact) mass is 285 g/mol. The Labute approximate surface area is 120 Å². The van der Waals surface area contributed by atoms with E-state index >= 15 is 0 Å². The third-order valence-corrected chi connectivity index (χ3v) is 3.80. The normalized spacial score (nSPS) is 17.9. The topological polar surface area (TPSA) is 86.0 Å². The zero-order valence-corrected chi connectivity index (χ0v) is 11.3. The number of hydrogen-bond donors (Lipinski definition) is 2. The summed E-state index contributed by atoms with van der Waals surface area (Å²) in [5.74, 6) is -0.0528. The zero-order chi connectivity index (χ0) is 14.8. The molecular formula is C15H15N3O3. The molecule has 3 rings (SSSR count). The van der Waals surface area contributed by atoms with E-state index in [0.717, 1.165) is 6.42 Å². The lowest BCUT2D eigenvalue weighted by atomic mass is 9.99. The Kier molecular flexibility index (Phi) is 3.43. The van der Waals surface area contributed by atoms with Crippen LogP contribution in [0.1, 0.15) is 28.3 Å². The zero-order valence-electron chi connectivity index (χ0n) is 11.3. The van der Waals surface area contributed by atoms with Gasteiger partial charge in [0.1, 0.15) is 5.56 Å². The Bertz CT molecular complexity index is 763. The van der Waals surface area contributed by atoms with E-state index in [4.69, 9.17) is 0 Å².